The Bertz CT molecular complexity index is 935. The summed E-state index contributed by atoms with van der Waals surface area (Å²) in [7, 11) is 0. The van der Waals surface area contributed by atoms with Crippen molar-refractivity contribution < 1.29 is 4.79 Å². The number of aromatic nitrogens is 3. The van der Waals surface area contributed by atoms with Crippen LogP contribution in [-0.2, 0) is 4.79 Å². The number of anilines is 1. The molecule has 23 heavy (non-hydrogen) atoms. The SMILES string of the molecule is Cc1cc2nc(SCC(=O)Nc3cccc(Br)c3)[nH]c(=O)c2[nH]1. The molecule has 2 aromatic heterocycles. The Morgan fingerprint density at radius 3 is 2.96 bits per heavy atom. The van der Waals surface area contributed by atoms with Gasteiger partial charge in [0.1, 0.15) is 5.52 Å². The van der Waals surface area contributed by atoms with E-state index in [9.17, 15) is 9.59 Å². The third-order valence-electron chi connectivity index (χ3n) is 3.05. The van der Waals surface area contributed by atoms with E-state index < -0.39 is 0 Å². The highest BCUT2D eigenvalue weighted by atomic mass is 79.9. The molecular formula is C15H13BrN4O2S. The van der Waals surface area contributed by atoms with Crippen molar-refractivity contribution in [1.82, 2.24) is 15.0 Å². The van der Waals surface area contributed by atoms with Gasteiger partial charge in [0, 0.05) is 15.9 Å². The first-order chi connectivity index (χ1) is 11.0. The van der Waals surface area contributed by atoms with Gasteiger partial charge in [0.15, 0.2) is 5.16 Å². The second-order valence-corrected chi connectivity index (χ2v) is 6.81. The monoisotopic (exact) mass is 392 g/mol. The number of aromatic amines is 2. The highest BCUT2D eigenvalue weighted by Gasteiger charge is 2.09. The van der Waals surface area contributed by atoms with E-state index >= 15 is 0 Å². The number of H-pyrrole nitrogens is 2. The molecule has 0 atom stereocenters. The van der Waals surface area contributed by atoms with Gasteiger partial charge >= 0.3 is 0 Å². The van der Waals surface area contributed by atoms with E-state index in [1.807, 2.05) is 31.2 Å². The highest BCUT2D eigenvalue weighted by molar-refractivity contribution is 9.10. The molecule has 0 saturated heterocycles. The quantitative estimate of drug-likeness (QED) is 0.470. The molecule has 0 spiro atoms. The Kier molecular flexibility index (Phi) is 4.53. The van der Waals surface area contributed by atoms with Crippen LogP contribution in [0.3, 0.4) is 0 Å². The van der Waals surface area contributed by atoms with Crippen LogP contribution in [0.5, 0.6) is 0 Å². The third kappa shape index (κ3) is 3.83. The number of benzene rings is 1. The lowest BCUT2D eigenvalue weighted by Crippen LogP contribution is -2.15. The molecule has 0 bridgehead atoms. The van der Waals surface area contributed by atoms with Gasteiger partial charge in [-0.1, -0.05) is 33.8 Å². The average Bonchev–Trinajstić information content (AvgIpc) is 2.86. The van der Waals surface area contributed by atoms with Crippen molar-refractivity contribution in [2.24, 2.45) is 0 Å². The lowest BCUT2D eigenvalue weighted by atomic mass is 10.3. The first kappa shape index (κ1) is 15.8. The van der Waals surface area contributed by atoms with Crippen LogP contribution in [0.15, 0.2) is 44.8 Å². The fraction of sp³-hybridized carbons (Fsp3) is 0.133. The minimum atomic E-state index is -0.238. The number of aryl methyl sites for hydroxylation is 1. The number of hydrogen-bond donors (Lipinski definition) is 3. The molecule has 0 aliphatic rings. The van der Waals surface area contributed by atoms with Gasteiger partial charge < -0.3 is 10.3 Å². The molecule has 1 aromatic carbocycles. The van der Waals surface area contributed by atoms with Crippen LogP contribution < -0.4 is 10.9 Å². The lowest BCUT2D eigenvalue weighted by molar-refractivity contribution is -0.113. The van der Waals surface area contributed by atoms with E-state index in [2.05, 4.69) is 36.2 Å². The predicted molar refractivity (Wildman–Crippen MR) is 94.9 cm³/mol. The van der Waals surface area contributed by atoms with Crippen LogP contribution in [0.4, 0.5) is 5.69 Å². The standard InChI is InChI=1S/C15H13BrN4O2S/c1-8-5-11-13(17-8)14(22)20-15(19-11)23-7-12(21)18-10-4-2-3-9(16)6-10/h2-6,17H,7H2,1H3,(H,18,21)(H,19,20,22). The Morgan fingerprint density at radius 1 is 1.35 bits per heavy atom. The summed E-state index contributed by atoms with van der Waals surface area (Å²) in [6.07, 6.45) is 0. The second kappa shape index (κ2) is 6.59. The Morgan fingerprint density at radius 2 is 2.17 bits per heavy atom. The zero-order valence-electron chi connectivity index (χ0n) is 12.1. The van der Waals surface area contributed by atoms with Crippen molar-refractivity contribution >= 4 is 50.3 Å². The van der Waals surface area contributed by atoms with Crippen molar-refractivity contribution in [3.05, 3.63) is 50.9 Å². The smallest absolute Gasteiger partial charge is 0.275 e. The topological polar surface area (TPSA) is 90.6 Å². The third-order valence-corrected chi connectivity index (χ3v) is 4.42. The van der Waals surface area contributed by atoms with Gasteiger partial charge in [-0.3, -0.25) is 14.6 Å². The number of hydrogen-bond acceptors (Lipinski definition) is 4. The summed E-state index contributed by atoms with van der Waals surface area (Å²) in [5.74, 6) is -0.00854. The first-order valence-electron chi connectivity index (χ1n) is 6.79. The molecule has 3 N–H and O–H groups in total. The number of carbonyl (C=O) groups excluding carboxylic acids is 1. The van der Waals surface area contributed by atoms with Gasteiger partial charge in [-0.05, 0) is 31.2 Å². The predicted octanol–water partition coefficient (Wildman–Crippen LogP) is 3.05. The molecule has 8 heteroatoms. The number of fused-ring (bicyclic) bond motifs is 1. The maximum absolute atomic E-state index is 12.0. The Balaban J connectivity index is 1.68. The van der Waals surface area contributed by atoms with Gasteiger partial charge in [-0.25, -0.2) is 4.98 Å². The number of rotatable bonds is 4. The Labute approximate surface area is 144 Å². The summed E-state index contributed by atoms with van der Waals surface area (Å²) < 4.78 is 0.891. The molecular weight excluding hydrogens is 380 g/mol. The number of halogens is 1. The number of nitrogens with zero attached hydrogens (tertiary/aromatic N) is 1. The summed E-state index contributed by atoms with van der Waals surface area (Å²) in [6.45, 7) is 1.86. The van der Waals surface area contributed by atoms with Crippen molar-refractivity contribution in [2.75, 3.05) is 11.1 Å². The van der Waals surface area contributed by atoms with Crippen molar-refractivity contribution in [3.63, 3.8) is 0 Å². The van der Waals surface area contributed by atoms with Crippen LogP contribution in [0.25, 0.3) is 11.0 Å². The average molecular weight is 393 g/mol. The van der Waals surface area contributed by atoms with Gasteiger partial charge in [0.05, 0.1) is 11.3 Å². The van der Waals surface area contributed by atoms with E-state index in [0.29, 0.717) is 21.9 Å². The zero-order chi connectivity index (χ0) is 16.4. The molecule has 118 valence electrons. The molecule has 0 radical (unpaired) electrons. The number of nitrogens with one attached hydrogen (secondary N) is 3. The first-order valence-corrected chi connectivity index (χ1v) is 8.57. The molecule has 3 rings (SSSR count). The molecule has 2 heterocycles. The van der Waals surface area contributed by atoms with Crippen LogP contribution >= 0.6 is 27.7 Å². The van der Waals surface area contributed by atoms with Crippen molar-refractivity contribution in [1.29, 1.82) is 0 Å². The normalized spacial score (nSPS) is 10.9. The Hall–Kier alpha value is -2.06. The summed E-state index contributed by atoms with van der Waals surface area (Å²) in [6, 6.07) is 9.15. The summed E-state index contributed by atoms with van der Waals surface area (Å²) in [5.41, 5.74) is 2.39. The van der Waals surface area contributed by atoms with E-state index in [0.717, 1.165) is 10.2 Å². The van der Waals surface area contributed by atoms with Crippen molar-refractivity contribution in [2.45, 2.75) is 12.1 Å². The van der Waals surface area contributed by atoms with Gasteiger partial charge in [-0.15, -0.1) is 0 Å². The van der Waals surface area contributed by atoms with Gasteiger partial charge in [-0.2, -0.15) is 0 Å². The molecule has 0 saturated carbocycles. The number of carbonyl (C=O) groups is 1. The summed E-state index contributed by atoms with van der Waals surface area (Å²) in [5, 5.41) is 3.22. The highest BCUT2D eigenvalue weighted by Crippen LogP contribution is 2.18. The van der Waals surface area contributed by atoms with Gasteiger partial charge in [0.2, 0.25) is 5.91 Å². The largest absolute Gasteiger partial charge is 0.353 e. The molecule has 0 aliphatic heterocycles. The van der Waals surface area contributed by atoms with Crippen LogP contribution in [-0.4, -0.2) is 26.6 Å². The molecule has 3 aromatic rings. The molecule has 6 nitrogen and oxygen atoms in total. The van der Waals surface area contributed by atoms with Crippen LogP contribution in [0.2, 0.25) is 0 Å². The van der Waals surface area contributed by atoms with E-state index in [-0.39, 0.29) is 17.2 Å². The summed E-state index contributed by atoms with van der Waals surface area (Å²) >= 11 is 4.54. The number of thioether (sulfide) groups is 1. The van der Waals surface area contributed by atoms with E-state index in [1.54, 1.807) is 6.07 Å². The van der Waals surface area contributed by atoms with Crippen LogP contribution in [0.1, 0.15) is 5.69 Å². The minimum absolute atomic E-state index is 0.157. The molecule has 0 aliphatic carbocycles. The van der Waals surface area contributed by atoms with E-state index in [1.165, 1.54) is 11.8 Å². The molecule has 0 fully saturated rings. The second-order valence-electron chi connectivity index (χ2n) is 4.93. The van der Waals surface area contributed by atoms with Gasteiger partial charge in [0.25, 0.3) is 5.56 Å². The van der Waals surface area contributed by atoms with E-state index in [4.69, 9.17) is 0 Å². The minimum Gasteiger partial charge on any atom is -0.353 e. The summed E-state index contributed by atoms with van der Waals surface area (Å²) in [4.78, 5) is 33.9. The van der Waals surface area contributed by atoms with Crippen LogP contribution in [0, 0.1) is 6.92 Å². The zero-order valence-corrected chi connectivity index (χ0v) is 14.5. The lowest BCUT2D eigenvalue weighted by Gasteiger charge is -2.05. The molecule has 1 amide bonds. The van der Waals surface area contributed by atoms with Crippen molar-refractivity contribution in [3.8, 4) is 0 Å². The maximum Gasteiger partial charge on any atom is 0.275 e. The molecule has 0 unspecified atom stereocenters. The fourth-order valence-corrected chi connectivity index (χ4v) is 3.17. The maximum atomic E-state index is 12.0. The fourth-order valence-electron chi connectivity index (χ4n) is 2.10. The number of amides is 1.